The number of hydrogen-bond donors (Lipinski definition) is 2. The first-order chi connectivity index (χ1) is 10.9. The number of rotatable bonds is 4. The van der Waals surface area contributed by atoms with E-state index >= 15 is 0 Å². The van der Waals surface area contributed by atoms with E-state index in [1.165, 1.54) is 32.2 Å². The minimum atomic E-state index is -0.583. The van der Waals surface area contributed by atoms with Crippen LogP contribution in [0.4, 0.5) is 15.8 Å². The summed E-state index contributed by atoms with van der Waals surface area (Å²) in [7, 11) is 1.50. The molecule has 0 saturated heterocycles. The topological polar surface area (TPSA) is 67.4 Å². The smallest absolute Gasteiger partial charge is 0.256 e. The lowest BCUT2D eigenvalue weighted by atomic mass is 10.2. The van der Waals surface area contributed by atoms with Gasteiger partial charge < -0.3 is 15.4 Å². The highest BCUT2D eigenvalue weighted by atomic mass is 79.9. The summed E-state index contributed by atoms with van der Waals surface area (Å²) in [4.78, 5) is 23.4. The van der Waals surface area contributed by atoms with Crippen LogP contribution in [0, 0.1) is 5.82 Å². The van der Waals surface area contributed by atoms with Crippen LogP contribution in [0.2, 0.25) is 0 Å². The third-order valence-corrected chi connectivity index (χ3v) is 3.64. The molecule has 0 aliphatic rings. The first kappa shape index (κ1) is 17.0. The van der Waals surface area contributed by atoms with Gasteiger partial charge in [-0.2, -0.15) is 0 Å². The maximum Gasteiger partial charge on any atom is 0.256 e. The molecule has 2 N–H and O–H groups in total. The highest BCUT2D eigenvalue weighted by Gasteiger charge is 2.13. The van der Waals surface area contributed by atoms with Crippen molar-refractivity contribution in [3.8, 4) is 5.75 Å². The number of anilines is 2. The number of benzene rings is 2. The van der Waals surface area contributed by atoms with Crippen molar-refractivity contribution in [1.82, 2.24) is 0 Å². The van der Waals surface area contributed by atoms with Crippen molar-refractivity contribution in [3.63, 3.8) is 0 Å². The van der Waals surface area contributed by atoms with E-state index in [1.807, 2.05) is 0 Å². The van der Waals surface area contributed by atoms with E-state index in [2.05, 4.69) is 26.6 Å². The van der Waals surface area contributed by atoms with Crippen molar-refractivity contribution in [2.24, 2.45) is 0 Å². The van der Waals surface area contributed by atoms with Gasteiger partial charge in [0.25, 0.3) is 5.91 Å². The van der Waals surface area contributed by atoms with E-state index in [0.717, 1.165) is 0 Å². The maximum atomic E-state index is 13.6. The molecular formula is C16H14BrFN2O3. The highest BCUT2D eigenvalue weighted by Crippen LogP contribution is 2.25. The molecule has 2 aromatic carbocycles. The van der Waals surface area contributed by atoms with Crippen LogP contribution < -0.4 is 15.4 Å². The fourth-order valence-electron chi connectivity index (χ4n) is 1.89. The SMILES string of the molecule is COc1ccc(Br)c(C(=O)Nc2ccc(F)c(NC(C)=O)c2)c1. The molecule has 2 aromatic rings. The average Bonchev–Trinajstić information content (AvgIpc) is 2.50. The molecule has 0 spiro atoms. The number of ether oxygens (including phenoxy) is 1. The summed E-state index contributed by atoms with van der Waals surface area (Å²) >= 11 is 3.30. The average molecular weight is 381 g/mol. The normalized spacial score (nSPS) is 10.1. The van der Waals surface area contributed by atoms with Crippen molar-refractivity contribution in [2.45, 2.75) is 6.92 Å². The molecule has 0 bridgehead atoms. The Morgan fingerprint density at radius 3 is 2.52 bits per heavy atom. The molecule has 0 aromatic heterocycles. The molecule has 7 heteroatoms. The molecular weight excluding hydrogens is 367 g/mol. The second kappa shape index (κ2) is 7.23. The number of carbonyl (C=O) groups excluding carboxylic acids is 2. The molecule has 5 nitrogen and oxygen atoms in total. The van der Waals surface area contributed by atoms with Gasteiger partial charge in [-0.05, 0) is 52.3 Å². The van der Waals surface area contributed by atoms with Crippen LogP contribution in [0.3, 0.4) is 0 Å². The monoisotopic (exact) mass is 380 g/mol. The van der Waals surface area contributed by atoms with Gasteiger partial charge >= 0.3 is 0 Å². The van der Waals surface area contributed by atoms with Crippen molar-refractivity contribution < 1.29 is 18.7 Å². The Labute approximate surface area is 141 Å². The summed E-state index contributed by atoms with van der Waals surface area (Å²) in [6.45, 7) is 1.28. The third-order valence-electron chi connectivity index (χ3n) is 2.95. The zero-order valence-corrected chi connectivity index (χ0v) is 14.0. The van der Waals surface area contributed by atoms with Gasteiger partial charge in [-0.3, -0.25) is 9.59 Å². The van der Waals surface area contributed by atoms with Crippen LogP contribution in [0.25, 0.3) is 0 Å². The first-order valence-electron chi connectivity index (χ1n) is 6.62. The van der Waals surface area contributed by atoms with Crippen molar-refractivity contribution in [1.29, 1.82) is 0 Å². The Kier molecular flexibility index (Phi) is 5.33. The van der Waals surface area contributed by atoms with Gasteiger partial charge in [-0.25, -0.2) is 4.39 Å². The van der Waals surface area contributed by atoms with E-state index in [9.17, 15) is 14.0 Å². The van der Waals surface area contributed by atoms with Gasteiger partial charge in [0.2, 0.25) is 5.91 Å². The summed E-state index contributed by atoms with van der Waals surface area (Å²) in [6.07, 6.45) is 0. The van der Waals surface area contributed by atoms with Crippen LogP contribution in [0.5, 0.6) is 5.75 Å². The minimum Gasteiger partial charge on any atom is -0.497 e. The number of nitrogens with one attached hydrogen (secondary N) is 2. The van der Waals surface area contributed by atoms with E-state index in [0.29, 0.717) is 21.5 Å². The van der Waals surface area contributed by atoms with Crippen LogP contribution >= 0.6 is 15.9 Å². The lowest BCUT2D eigenvalue weighted by Crippen LogP contribution is -2.14. The van der Waals surface area contributed by atoms with Crippen LogP contribution in [-0.2, 0) is 4.79 Å². The number of hydrogen-bond acceptors (Lipinski definition) is 3. The van der Waals surface area contributed by atoms with Crippen molar-refractivity contribution >= 4 is 39.1 Å². The molecule has 0 saturated carbocycles. The van der Waals surface area contributed by atoms with Crippen LogP contribution in [-0.4, -0.2) is 18.9 Å². The molecule has 0 radical (unpaired) electrons. The fraction of sp³-hybridized carbons (Fsp3) is 0.125. The molecule has 0 aliphatic carbocycles. The number of carbonyl (C=O) groups is 2. The van der Waals surface area contributed by atoms with E-state index < -0.39 is 17.6 Å². The molecule has 0 aliphatic heterocycles. The molecule has 0 fully saturated rings. The number of amides is 2. The predicted octanol–water partition coefficient (Wildman–Crippen LogP) is 3.81. The van der Waals surface area contributed by atoms with Gasteiger partial charge in [-0.1, -0.05) is 0 Å². The Bertz CT molecular complexity index is 765. The summed E-state index contributed by atoms with van der Waals surface area (Å²) in [6, 6.07) is 8.92. The largest absolute Gasteiger partial charge is 0.497 e. The fourth-order valence-corrected chi connectivity index (χ4v) is 2.32. The molecule has 120 valence electrons. The van der Waals surface area contributed by atoms with Crippen molar-refractivity contribution in [3.05, 3.63) is 52.3 Å². The first-order valence-corrected chi connectivity index (χ1v) is 7.42. The Hall–Kier alpha value is -2.41. The zero-order valence-electron chi connectivity index (χ0n) is 12.4. The highest BCUT2D eigenvalue weighted by molar-refractivity contribution is 9.10. The maximum absolute atomic E-state index is 13.6. The second-order valence-corrected chi connectivity index (χ2v) is 5.53. The molecule has 2 rings (SSSR count). The lowest BCUT2D eigenvalue weighted by molar-refractivity contribution is -0.114. The number of methoxy groups -OCH3 is 1. The molecule has 0 unspecified atom stereocenters. The van der Waals surface area contributed by atoms with Crippen LogP contribution in [0.1, 0.15) is 17.3 Å². The predicted molar refractivity (Wildman–Crippen MR) is 89.4 cm³/mol. The second-order valence-electron chi connectivity index (χ2n) is 4.68. The van der Waals surface area contributed by atoms with Gasteiger partial charge in [-0.15, -0.1) is 0 Å². The Morgan fingerprint density at radius 1 is 1.13 bits per heavy atom. The Balaban J connectivity index is 2.25. The van der Waals surface area contributed by atoms with Gasteiger partial charge in [0.15, 0.2) is 0 Å². The van der Waals surface area contributed by atoms with Gasteiger partial charge in [0.1, 0.15) is 11.6 Å². The number of halogens is 2. The third kappa shape index (κ3) is 4.29. The van der Waals surface area contributed by atoms with E-state index in [4.69, 9.17) is 4.74 Å². The minimum absolute atomic E-state index is 0.00000734. The molecule has 0 heterocycles. The van der Waals surface area contributed by atoms with Gasteiger partial charge in [0, 0.05) is 17.1 Å². The quantitative estimate of drug-likeness (QED) is 0.847. The Morgan fingerprint density at radius 2 is 1.87 bits per heavy atom. The van der Waals surface area contributed by atoms with Gasteiger partial charge in [0.05, 0.1) is 18.4 Å². The molecule has 23 heavy (non-hydrogen) atoms. The summed E-state index contributed by atoms with van der Waals surface area (Å²) in [5, 5.41) is 5.01. The van der Waals surface area contributed by atoms with Crippen molar-refractivity contribution in [2.75, 3.05) is 17.7 Å². The van der Waals surface area contributed by atoms with E-state index in [-0.39, 0.29) is 5.69 Å². The lowest BCUT2D eigenvalue weighted by Gasteiger charge is -2.10. The summed E-state index contributed by atoms with van der Waals surface area (Å²) in [5.74, 6) is -0.837. The summed E-state index contributed by atoms with van der Waals surface area (Å²) in [5.41, 5.74) is 0.727. The zero-order chi connectivity index (χ0) is 17.0. The molecule has 2 amide bonds. The van der Waals surface area contributed by atoms with E-state index in [1.54, 1.807) is 18.2 Å². The molecule has 0 atom stereocenters. The standard InChI is InChI=1S/C16H14BrFN2O3/c1-9(21)19-15-7-10(3-6-14(15)18)20-16(22)12-8-11(23-2)4-5-13(12)17/h3-8H,1-2H3,(H,19,21)(H,20,22). The van der Waals surface area contributed by atoms with Crippen LogP contribution in [0.15, 0.2) is 40.9 Å². The summed E-state index contributed by atoms with van der Waals surface area (Å²) < 4.78 is 19.3.